The number of fused-ring (bicyclic) bond motifs is 1. The van der Waals surface area contributed by atoms with Gasteiger partial charge in [0.05, 0.1) is 16.7 Å². The predicted molar refractivity (Wildman–Crippen MR) is 112 cm³/mol. The van der Waals surface area contributed by atoms with E-state index in [0.29, 0.717) is 12.2 Å². The number of anilines is 2. The molecule has 1 aromatic heterocycles. The first kappa shape index (κ1) is 18.5. The van der Waals surface area contributed by atoms with Crippen molar-refractivity contribution in [3.8, 4) is 5.75 Å². The highest BCUT2D eigenvalue weighted by molar-refractivity contribution is 7.10. The number of ether oxygens (including phenoxy) is 1. The zero-order chi connectivity index (χ0) is 19.8. The van der Waals surface area contributed by atoms with Crippen LogP contribution < -0.4 is 14.5 Å². The Labute approximate surface area is 167 Å². The lowest BCUT2D eigenvalue weighted by Crippen LogP contribution is -2.34. The molecule has 1 aliphatic rings. The van der Waals surface area contributed by atoms with Gasteiger partial charge in [-0.05, 0) is 43.7 Å². The van der Waals surface area contributed by atoms with E-state index in [1.165, 1.54) is 11.3 Å². The number of nitrogens with zero attached hydrogens (tertiary/aromatic N) is 2. The fraction of sp³-hybridized carbons (Fsp3) is 0.273. The van der Waals surface area contributed by atoms with E-state index in [9.17, 15) is 9.59 Å². The van der Waals surface area contributed by atoms with Crippen LogP contribution in [0, 0.1) is 0 Å². The van der Waals surface area contributed by atoms with Crippen LogP contribution in [0.25, 0.3) is 0 Å². The minimum Gasteiger partial charge on any atom is -0.491 e. The molecule has 1 atom stereocenters. The largest absolute Gasteiger partial charge is 0.491 e. The minimum atomic E-state index is -0.130. The van der Waals surface area contributed by atoms with Crippen molar-refractivity contribution in [2.75, 3.05) is 4.90 Å². The van der Waals surface area contributed by atoms with Crippen LogP contribution in [-0.4, -0.2) is 16.6 Å². The molecule has 4 rings (SSSR count). The zero-order valence-electron chi connectivity index (χ0n) is 16.1. The van der Waals surface area contributed by atoms with Gasteiger partial charge < -0.3 is 4.74 Å². The Morgan fingerprint density at radius 2 is 1.71 bits per heavy atom. The van der Waals surface area contributed by atoms with E-state index in [-0.39, 0.29) is 22.8 Å². The molecule has 6 heteroatoms. The molecule has 0 N–H and O–H groups in total. The Bertz CT molecular complexity index is 1050. The maximum absolute atomic E-state index is 13.1. The van der Waals surface area contributed by atoms with E-state index >= 15 is 0 Å². The summed E-state index contributed by atoms with van der Waals surface area (Å²) in [6.45, 7) is 3.97. The molecule has 2 heterocycles. The predicted octanol–water partition coefficient (Wildman–Crippen LogP) is 4.43. The maximum Gasteiger partial charge on any atom is 0.308 e. The first-order valence-electron chi connectivity index (χ1n) is 9.30. The normalized spacial score (nSPS) is 16.4. The molecule has 1 aliphatic heterocycles. The molecule has 1 unspecified atom stereocenters. The summed E-state index contributed by atoms with van der Waals surface area (Å²) >= 11 is 1.22. The van der Waals surface area contributed by atoms with Gasteiger partial charge >= 0.3 is 4.87 Å². The van der Waals surface area contributed by atoms with Crippen molar-refractivity contribution in [2.45, 2.75) is 32.3 Å². The highest BCUT2D eigenvalue weighted by atomic mass is 32.1. The van der Waals surface area contributed by atoms with Crippen molar-refractivity contribution in [1.29, 1.82) is 0 Å². The highest BCUT2D eigenvalue weighted by Gasteiger charge is 2.37. The van der Waals surface area contributed by atoms with Crippen LogP contribution in [0.15, 0.2) is 59.4 Å². The van der Waals surface area contributed by atoms with E-state index in [1.807, 2.05) is 68.4 Å². The van der Waals surface area contributed by atoms with Crippen molar-refractivity contribution < 1.29 is 9.53 Å². The van der Waals surface area contributed by atoms with Crippen LogP contribution in [0.1, 0.15) is 36.6 Å². The molecule has 0 fully saturated rings. The Morgan fingerprint density at radius 3 is 2.36 bits per heavy atom. The van der Waals surface area contributed by atoms with Gasteiger partial charge in [-0.1, -0.05) is 41.7 Å². The van der Waals surface area contributed by atoms with Crippen molar-refractivity contribution in [1.82, 2.24) is 4.57 Å². The number of hydrogen-bond acceptors (Lipinski definition) is 4. The molecule has 0 aliphatic carbocycles. The van der Waals surface area contributed by atoms with Crippen LogP contribution in [0.4, 0.5) is 11.5 Å². The molecule has 144 valence electrons. The quantitative estimate of drug-likeness (QED) is 0.658. The number of carbonyl (C=O) groups is 1. The zero-order valence-corrected chi connectivity index (χ0v) is 16.9. The van der Waals surface area contributed by atoms with Gasteiger partial charge in [0.15, 0.2) is 0 Å². The highest BCUT2D eigenvalue weighted by Crippen LogP contribution is 2.44. The molecule has 0 saturated carbocycles. The number of carbonyl (C=O) groups excluding carboxylic acids is 1. The minimum absolute atomic E-state index is 0.0143. The summed E-state index contributed by atoms with van der Waals surface area (Å²) in [7, 11) is 1.73. The molecule has 0 spiro atoms. The summed E-state index contributed by atoms with van der Waals surface area (Å²) in [4.78, 5) is 28.1. The third-order valence-corrected chi connectivity index (χ3v) is 5.97. The maximum atomic E-state index is 13.1. The van der Waals surface area contributed by atoms with Crippen LogP contribution in [0.3, 0.4) is 0 Å². The summed E-state index contributed by atoms with van der Waals surface area (Å²) in [6, 6.07) is 17.3. The topological polar surface area (TPSA) is 51.5 Å². The number of thiazole rings is 1. The summed E-state index contributed by atoms with van der Waals surface area (Å²) in [5.74, 6) is 1.33. The summed E-state index contributed by atoms with van der Waals surface area (Å²) in [5, 5.41) is 0. The first-order valence-corrected chi connectivity index (χ1v) is 10.1. The number of amides is 1. The lowest BCUT2D eigenvalue weighted by Gasteiger charge is -2.32. The Kier molecular flexibility index (Phi) is 4.81. The Morgan fingerprint density at radius 1 is 1.04 bits per heavy atom. The molecule has 0 radical (unpaired) electrons. The van der Waals surface area contributed by atoms with Crippen LogP contribution >= 0.6 is 11.3 Å². The van der Waals surface area contributed by atoms with Crippen molar-refractivity contribution >= 4 is 28.7 Å². The third-order valence-electron chi connectivity index (χ3n) is 4.83. The number of rotatable bonds is 4. The summed E-state index contributed by atoms with van der Waals surface area (Å²) in [6.07, 6.45) is 0.430. The average molecular weight is 394 g/mol. The average Bonchev–Trinajstić information content (AvgIpc) is 2.97. The fourth-order valence-electron chi connectivity index (χ4n) is 3.59. The van der Waals surface area contributed by atoms with E-state index in [1.54, 1.807) is 16.5 Å². The van der Waals surface area contributed by atoms with Gasteiger partial charge in [0, 0.05) is 19.4 Å². The van der Waals surface area contributed by atoms with Gasteiger partial charge in [-0.3, -0.25) is 19.1 Å². The molecule has 0 saturated heterocycles. The van der Waals surface area contributed by atoms with E-state index < -0.39 is 0 Å². The second-order valence-electron chi connectivity index (χ2n) is 7.17. The Hall–Kier alpha value is -2.86. The number of benzene rings is 2. The number of para-hydroxylation sites is 1. The van der Waals surface area contributed by atoms with Gasteiger partial charge in [-0.25, -0.2) is 0 Å². The molecule has 1 amide bonds. The lowest BCUT2D eigenvalue weighted by molar-refractivity contribution is -0.118. The standard InChI is InChI=1S/C22H22N2O3S/c1-14(2)27-17-11-9-15(10-12-17)18-13-19(25)24(16-7-5-4-6-8-16)21-20(18)28-22(26)23(21)3/h4-12,14,18H,13H2,1-3H3. The van der Waals surface area contributed by atoms with Gasteiger partial charge in [0.25, 0.3) is 0 Å². The van der Waals surface area contributed by atoms with Gasteiger partial charge in [-0.2, -0.15) is 0 Å². The van der Waals surface area contributed by atoms with Crippen molar-refractivity contribution in [3.63, 3.8) is 0 Å². The summed E-state index contributed by atoms with van der Waals surface area (Å²) < 4.78 is 7.30. The summed E-state index contributed by atoms with van der Waals surface area (Å²) in [5.41, 5.74) is 1.79. The first-order chi connectivity index (χ1) is 13.5. The van der Waals surface area contributed by atoms with E-state index in [2.05, 4.69) is 0 Å². The Balaban J connectivity index is 1.78. The van der Waals surface area contributed by atoms with Crippen LogP contribution in [0.2, 0.25) is 0 Å². The molecule has 3 aromatic rings. The molecule has 0 bridgehead atoms. The second kappa shape index (κ2) is 7.28. The van der Waals surface area contributed by atoms with Crippen LogP contribution in [0.5, 0.6) is 5.75 Å². The van der Waals surface area contributed by atoms with E-state index in [0.717, 1.165) is 21.9 Å². The van der Waals surface area contributed by atoms with Crippen LogP contribution in [-0.2, 0) is 11.8 Å². The van der Waals surface area contributed by atoms with Crippen molar-refractivity contribution in [2.24, 2.45) is 7.05 Å². The lowest BCUT2D eigenvalue weighted by atomic mass is 9.90. The van der Waals surface area contributed by atoms with Gasteiger partial charge in [0.1, 0.15) is 11.6 Å². The third kappa shape index (κ3) is 3.24. The molecular weight excluding hydrogens is 372 g/mol. The monoisotopic (exact) mass is 394 g/mol. The molecule has 2 aromatic carbocycles. The van der Waals surface area contributed by atoms with E-state index in [4.69, 9.17) is 4.74 Å². The smallest absolute Gasteiger partial charge is 0.308 e. The number of hydrogen-bond donors (Lipinski definition) is 0. The molecule has 28 heavy (non-hydrogen) atoms. The molecular formula is C22H22N2O3S. The SMILES string of the molecule is CC(C)Oc1ccc(C2CC(=O)N(c3ccccc3)c3c2sc(=O)n3C)cc1. The van der Waals surface area contributed by atoms with Gasteiger partial charge in [-0.15, -0.1) is 0 Å². The van der Waals surface area contributed by atoms with Crippen molar-refractivity contribution in [3.05, 3.63) is 74.7 Å². The number of aromatic nitrogens is 1. The second-order valence-corrected chi connectivity index (χ2v) is 8.17. The van der Waals surface area contributed by atoms with Gasteiger partial charge in [0.2, 0.25) is 5.91 Å². The molecule has 5 nitrogen and oxygen atoms in total. The fourth-order valence-corrected chi connectivity index (χ4v) is 4.68.